The molecule has 1 aliphatic rings. The van der Waals surface area contributed by atoms with Crippen molar-refractivity contribution >= 4 is 37.8 Å². The summed E-state index contributed by atoms with van der Waals surface area (Å²) in [5.74, 6) is 0. The van der Waals surface area contributed by atoms with Crippen molar-refractivity contribution in [3.8, 4) is 0 Å². The molecule has 3 aromatic carbocycles. The third-order valence-corrected chi connectivity index (χ3v) is 6.77. The van der Waals surface area contributed by atoms with E-state index in [1.807, 2.05) is 11.3 Å². The third-order valence-electron chi connectivity index (χ3n) is 5.47. The summed E-state index contributed by atoms with van der Waals surface area (Å²) < 4.78 is 1.45. The van der Waals surface area contributed by atoms with Crippen molar-refractivity contribution in [2.75, 3.05) is 0 Å². The molecule has 1 aromatic heterocycles. The van der Waals surface area contributed by atoms with E-state index in [0.717, 1.165) is 0 Å². The van der Waals surface area contributed by atoms with Crippen molar-refractivity contribution < 1.29 is 0 Å². The zero-order valence-corrected chi connectivity index (χ0v) is 15.4. The second-order valence-electron chi connectivity index (χ2n) is 7.03. The van der Waals surface area contributed by atoms with E-state index in [9.17, 15) is 0 Å². The topological polar surface area (TPSA) is 0 Å². The van der Waals surface area contributed by atoms with E-state index >= 15 is 0 Å². The van der Waals surface area contributed by atoms with Crippen molar-refractivity contribution in [3.05, 3.63) is 87.8 Å². The number of rotatable bonds is 1. The Morgan fingerprint density at radius 1 is 0.760 bits per heavy atom. The number of aryl methyl sites for hydroxylation is 2. The molecule has 1 heterocycles. The van der Waals surface area contributed by atoms with Gasteiger partial charge < -0.3 is 0 Å². The van der Waals surface area contributed by atoms with Gasteiger partial charge in [-0.1, -0.05) is 66.2 Å². The molecule has 5 rings (SSSR count). The van der Waals surface area contributed by atoms with Crippen LogP contribution in [0.2, 0.25) is 0 Å². The minimum atomic E-state index is 1.17. The van der Waals surface area contributed by atoms with E-state index in [0.29, 0.717) is 0 Å². The maximum absolute atomic E-state index is 2.34. The lowest BCUT2D eigenvalue weighted by molar-refractivity contribution is 0.940. The second kappa shape index (κ2) is 5.57. The zero-order valence-electron chi connectivity index (χ0n) is 14.6. The Hall–Kier alpha value is -2.38. The van der Waals surface area contributed by atoms with Crippen LogP contribution in [0, 0.1) is 6.92 Å². The molecule has 0 aliphatic heterocycles. The highest BCUT2D eigenvalue weighted by Crippen LogP contribution is 2.46. The van der Waals surface area contributed by atoms with Crippen LogP contribution in [0.15, 0.2) is 66.2 Å². The summed E-state index contributed by atoms with van der Waals surface area (Å²) >= 11 is 2.00. The molecule has 0 fully saturated rings. The van der Waals surface area contributed by atoms with Gasteiger partial charge in [-0.05, 0) is 54.2 Å². The van der Waals surface area contributed by atoms with Crippen LogP contribution < -0.4 is 0 Å². The SMILES string of the molecule is CC1=C(c2ccccc2C)c2c(sc3c2ccc2ccccc23)CC1. The molecule has 0 radical (unpaired) electrons. The van der Waals surface area contributed by atoms with Crippen LogP contribution in [0.5, 0.6) is 0 Å². The molecule has 0 amide bonds. The number of thiophene rings is 1. The lowest BCUT2D eigenvalue weighted by atomic mass is 9.83. The monoisotopic (exact) mass is 340 g/mol. The average molecular weight is 340 g/mol. The first-order chi connectivity index (χ1) is 12.2. The van der Waals surface area contributed by atoms with Crippen LogP contribution in [0.1, 0.15) is 34.9 Å². The lowest BCUT2D eigenvalue weighted by Crippen LogP contribution is -2.03. The maximum Gasteiger partial charge on any atom is 0.0430 e. The van der Waals surface area contributed by atoms with Crippen molar-refractivity contribution in [1.82, 2.24) is 0 Å². The molecule has 1 aliphatic carbocycles. The normalized spacial score (nSPS) is 14.3. The molecule has 0 nitrogen and oxygen atoms in total. The van der Waals surface area contributed by atoms with Crippen molar-refractivity contribution in [1.29, 1.82) is 0 Å². The van der Waals surface area contributed by atoms with Crippen molar-refractivity contribution in [2.24, 2.45) is 0 Å². The average Bonchev–Trinajstić information content (AvgIpc) is 3.02. The Bertz CT molecular complexity index is 1160. The molecule has 25 heavy (non-hydrogen) atoms. The Labute approximate surface area is 152 Å². The zero-order chi connectivity index (χ0) is 17.0. The Kier molecular flexibility index (Phi) is 3.33. The summed E-state index contributed by atoms with van der Waals surface area (Å²) in [4.78, 5) is 1.55. The molecule has 0 atom stereocenters. The summed E-state index contributed by atoms with van der Waals surface area (Å²) in [6.45, 7) is 4.54. The Morgan fingerprint density at radius 2 is 1.56 bits per heavy atom. The Morgan fingerprint density at radius 3 is 2.44 bits per heavy atom. The molecular formula is C24H20S. The van der Waals surface area contributed by atoms with Gasteiger partial charge in [-0.15, -0.1) is 11.3 Å². The van der Waals surface area contributed by atoms with Crippen LogP contribution in [-0.4, -0.2) is 0 Å². The molecule has 0 spiro atoms. The van der Waals surface area contributed by atoms with Crippen molar-refractivity contribution in [2.45, 2.75) is 26.7 Å². The van der Waals surface area contributed by atoms with Gasteiger partial charge in [0.2, 0.25) is 0 Å². The van der Waals surface area contributed by atoms with Gasteiger partial charge in [-0.25, -0.2) is 0 Å². The van der Waals surface area contributed by atoms with E-state index in [1.165, 1.54) is 61.5 Å². The van der Waals surface area contributed by atoms with Gasteiger partial charge >= 0.3 is 0 Å². The molecule has 0 saturated carbocycles. The minimum absolute atomic E-state index is 1.17. The quantitative estimate of drug-likeness (QED) is 0.346. The third kappa shape index (κ3) is 2.19. The number of allylic oxidation sites excluding steroid dienone is 1. The van der Waals surface area contributed by atoms with Gasteiger partial charge in [0.1, 0.15) is 0 Å². The van der Waals surface area contributed by atoms with Gasteiger partial charge in [-0.3, -0.25) is 0 Å². The highest BCUT2D eigenvalue weighted by atomic mass is 32.1. The first-order valence-corrected chi connectivity index (χ1v) is 9.75. The summed E-state index contributed by atoms with van der Waals surface area (Å²) in [6, 6.07) is 22.2. The molecule has 4 aromatic rings. The second-order valence-corrected chi connectivity index (χ2v) is 8.14. The van der Waals surface area contributed by atoms with E-state index in [1.54, 1.807) is 4.88 Å². The predicted octanol–water partition coefficient (Wildman–Crippen LogP) is 7.13. The van der Waals surface area contributed by atoms with E-state index in [2.05, 4.69) is 74.5 Å². The predicted molar refractivity (Wildman–Crippen MR) is 111 cm³/mol. The van der Waals surface area contributed by atoms with Crippen molar-refractivity contribution in [3.63, 3.8) is 0 Å². The highest BCUT2D eigenvalue weighted by molar-refractivity contribution is 7.20. The van der Waals surface area contributed by atoms with Gasteiger partial charge in [-0.2, -0.15) is 0 Å². The number of hydrogen-bond acceptors (Lipinski definition) is 1. The van der Waals surface area contributed by atoms with Gasteiger partial charge in [0.05, 0.1) is 0 Å². The lowest BCUT2D eigenvalue weighted by Gasteiger charge is -2.21. The Balaban J connectivity index is 1.88. The first kappa shape index (κ1) is 14.9. The van der Waals surface area contributed by atoms with Gasteiger partial charge in [0.25, 0.3) is 0 Å². The van der Waals surface area contributed by atoms with Crippen LogP contribution in [0.3, 0.4) is 0 Å². The van der Waals surface area contributed by atoms with Gasteiger partial charge in [0.15, 0.2) is 0 Å². The maximum atomic E-state index is 2.34. The first-order valence-electron chi connectivity index (χ1n) is 8.93. The summed E-state index contributed by atoms with van der Waals surface area (Å²) in [5.41, 5.74) is 7.25. The van der Waals surface area contributed by atoms with Crippen LogP contribution >= 0.6 is 11.3 Å². The molecule has 0 unspecified atom stereocenters. The molecular weight excluding hydrogens is 320 g/mol. The number of benzene rings is 3. The largest absolute Gasteiger partial charge is 0.139 e. The smallest absolute Gasteiger partial charge is 0.0430 e. The summed E-state index contributed by atoms with van der Waals surface area (Å²) in [5, 5.41) is 4.16. The van der Waals surface area contributed by atoms with Crippen LogP contribution in [0.25, 0.3) is 26.4 Å². The fourth-order valence-electron chi connectivity index (χ4n) is 4.18. The molecule has 122 valence electrons. The fourth-order valence-corrected chi connectivity index (χ4v) is 5.52. The summed E-state index contributed by atoms with van der Waals surface area (Å²) in [6.07, 6.45) is 2.34. The van der Waals surface area contributed by atoms with E-state index in [-0.39, 0.29) is 0 Å². The minimum Gasteiger partial charge on any atom is -0.139 e. The fraction of sp³-hybridized carbons (Fsp3) is 0.167. The standard InChI is InChI=1S/C24H20S/c1-15-7-3-5-9-18(15)22-16(2)11-14-21-23(22)20-13-12-17-8-4-6-10-19(17)24(20)25-21/h3-10,12-13H,11,14H2,1-2H3. The van der Waals surface area contributed by atoms with Gasteiger partial charge in [0, 0.05) is 20.5 Å². The molecule has 0 N–H and O–H groups in total. The molecule has 0 bridgehead atoms. The van der Waals surface area contributed by atoms with Crippen LogP contribution in [-0.2, 0) is 6.42 Å². The summed E-state index contributed by atoms with van der Waals surface area (Å²) in [7, 11) is 0. The highest BCUT2D eigenvalue weighted by Gasteiger charge is 2.24. The molecule has 0 saturated heterocycles. The van der Waals surface area contributed by atoms with E-state index < -0.39 is 0 Å². The van der Waals surface area contributed by atoms with E-state index in [4.69, 9.17) is 0 Å². The molecule has 1 heteroatoms. The van der Waals surface area contributed by atoms with Crippen LogP contribution in [0.4, 0.5) is 0 Å². The number of fused-ring (bicyclic) bond motifs is 5. The number of hydrogen-bond donors (Lipinski definition) is 0.